The zero-order valence-corrected chi connectivity index (χ0v) is 7.49. The van der Waals surface area contributed by atoms with Crippen molar-refractivity contribution in [3.63, 3.8) is 0 Å². The molecular formula is C5H11NO6S. The highest BCUT2D eigenvalue weighted by Gasteiger charge is 2.15. The van der Waals surface area contributed by atoms with Gasteiger partial charge in [0, 0.05) is 6.54 Å². The van der Waals surface area contributed by atoms with Crippen molar-refractivity contribution in [3.05, 3.63) is 0 Å². The van der Waals surface area contributed by atoms with Gasteiger partial charge in [-0.2, -0.15) is 8.42 Å². The van der Waals surface area contributed by atoms with E-state index in [2.05, 4.69) is 5.32 Å². The van der Waals surface area contributed by atoms with Crippen LogP contribution in [-0.2, 0) is 14.9 Å². The molecule has 0 aliphatic heterocycles. The van der Waals surface area contributed by atoms with Gasteiger partial charge < -0.3 is 15.5 Å². The van der Waals surface area contributed by atoms with Gasteiger partial charge in [-0.3, -0.25) is 9.35 Å². The predicted molar refractivity (Wildman–Crippen MR) is 42.9 cm³/mol. The smallest absolute Gasteiger partial charge is 0.323 e. The number of nitrogens with one attached hydrogen (secondary N) is 1. The third-order valence-electron chi connectivity index (χ3n) is 1.23. The van der Waals surface area contributed by atoms with Crippen molar-refractivity contribution in [3.8, 4) is 0 Å². The number of carboxylic acid groups (broad SMARTS) is 1. The van der Waals surface area contributed by atoms with Crippen LogP contribution in [-0.4, -0.2) is 54.1 Å². The van der Waals surface area contributed by atoms with Gasteiger partial charge in [-0.1, -0.05) is 0 Å². The Kier molecular flexibility index (Phi) is 4.85. The highest BCUT2D eigenvalue weighted by Crippen LogP contribution is 1.84. The van der Waals surface area contributed by atoms with Crippen LogP contribution >= 0.6 is 0 Å². The summed E-state index contributed by atoms with van der Waals surface area (Å²) in [5.74, 6) is -1.87. The van der Waals surface area contributed by atoms with E-state index in [4.69, 9.17) is 14.8 Å². The van der Waals surface area contributed by atoms with Crippen molar-refractivity contribution in [2.45, 2.75) is 6.04 Å². The molecule has 0 rings (SSSR count). The summed E-state index contributed by atoms with van der Waals surface area (Å²) in [6, 6.07) is -1.21. The molecule has 0 radical (unpaired) electrons. The van der Waals surface area contributed by atoms with Gasteiger partial charge >= 0.3 is 5.97 Å². The van der Waals surface area contributed by atoms with Gasteiger partial charge in [0.1, 0.15) is 6.04 Å². The fourth-order valence-electron chi connectivity index (χ4n) is 0.592. The van der Waals surface area contributed by atoms with Crippen molar-refractivity contribution in [1.82, 2.24) is 5.32 Å². The van der Waals surface area contributed by atoms with Crippen LogP contribution in [0.25, 0.3) is 0 Å². The van der Waals surface area contributed by atoms with E-state index in [0.29, 0.717) is 0 Å². The quantitative estimate of drug-likeness (QED) is 0.373. The molecule has 4 N–H and O–H groups in total. The lowest BCUT2D eigenvalue weighted by Gasteiger charge is -2.09. The number of carboxylic acids is 1. The molecular weight excluding hydrogens is 202 g/mol. The van der Waals surface area contributed by atoms with Crippen molar-refractivity contribution in [2.24, 2.45) is 0 Å². The normalized spacial score (nSPS) is 14.0. The van der Waals surface area contributed by atoms with E-state index in [-0.39, 0.29) is 6.54 Å². The first-order chi connectivity index (χ1) is 5.87. The van der Waals surface area contributed by atoms with Gasteiger partial charge in [0.05, 0.1) is 12.4 Å². The van der Waals surface area contributed by atoms with Crippen LogP contribution in [0.15, 0.2) is 0 Å². The van der Waals surface area contributed by atoms with Crippen LogP contribution in [0.2, 0.25) is 0 Å². The van der Waals surface area contributed by atoms with Crippen LogP contribution in [0.3, 0.4) is 0 Å². The first-order valence-corrected chi connectivity index (χ1v) is 5.00. The van der Waals surface area contributed by atoms with Gasteiger partial charge in [0.15, 0.2) is 0 Å². The lowest BCUT2D eigenvalue weighted by molar-refractivity contribution is -0.140. The van der Waals surface area contributed by atoms with E-state index < -0.39 is 34.5 Å². The minimum atomic E-state index is -4.09. The Labute approximate surface area is 75.1 Å². The molecule has 0 amide bonds. The molecule has 0 aliphatic carbocycles. The molecule has 0 bridgehead atoms. The fourth-order valence-corrected chi connectivity index (χ4v) is 0.968. The predicted octanol–water partition coefficient (Wildman–Crippen LogP) is -2.09. The van der Waals surface area contributed by atoms with Crippen LogP contribution in [0.1, 0.15) is 0 Å². The van der Waals surface area contributed by atoms with Crippen molar-refractivity contribution in [2.75, 3.05) is 18.9 Å². The summed E-state index contributed by atoms with van der Waals surface area (Å²) in [6.07, 6.45) is 0. The molecule has 8 heteroatoms. The number of hydrogen-bond acceptors (Lipinski definition) is 5. The summed E-state index contributed by atoms with van der Waals surface area (Å²) < 4.78 is 28.6. The Morgan fingerprint density at radius 3 is 2.31 bits per heavy atom. The Bertz CT molecular complexity index is 260. The molecule has 0 fully saturated rings. The summed E-state index contributed by atoms with van der Waals surface area (Å²) in [5.41, 5.74) is 0. The Balaban J connectivity index is 3.81. The third kappa shape index (κ3) is 6.46. The molecule has 0 aromatic rings. The summed E-state index contributed by atoms with van der Waals surface area (Å²) in [6.45, 7) is -0.864. The molecule has 1 atom stereocenters. The molecule has 0 unspecified atom stereocenters. The lowest BCUT2D eigenvalue weighted by atomic mass is 10.3. The molecule has 0 aromatic heterocycles. The summed E-state index contributed by atoms with van der Waals surface area (Å²) >= 11 is 0. The van der Waals surface area contributed by atoms with Gasteiger partial charge in [-0.25, -0.2) is 0 Å². The van der Waals surface area contributed by atoms with Crippen LogP contribution in [0.5, 0.6) is 0 Å². The zero-order chi connectivity index (χ0) is 10.5. The van der Waals surface area contributed by atoms with Crippen LogP contribution < -0.4 is 5.32 Å². The SMILES string of the molecule is O=C(O)[C@H](CO)NCCS(=O)(=O)O. The topological polar surface area (TPSA) is 124 Å². The Morgan fingerprint density at radius 1 is 1.46 bits per heavy atom. The standard InChI is InChI=1S/C5H11NO6S/c7-3-4(5(8)9)6-1-2-13(10,11)12/h4,6-7H,1-3H2,(H,8,9)(H,10,11,12)/t4-/m0/s1. The highest BCUT2D eigenvalue weighted by molar-refractivity contribution is 7.85. The average Bonchev–Trinajstić information content (AvgIpc) is 1.95. The maximum Gasteiger partial charge on any atom is 0.323 e. The molecule has 7 nitrogen and oxygen atoms in total. The number of rotatable bonds is 6. The van der Waals surface area contributed by atoms with E-state index in [1.807, 2.05) is 0 Å². The monoisotopic (exact) mass is 213 g/mol. The van der Waals surface area contributed by atoms with E-state index >= 15 is 0 Å². The molecule has 0 saturated heterocycles. The molecule has 0 spiro atoms. The maximum atomic E-state index is 10.3. The maximum absolute atomic E-state index is 10.3. The van der Waals surface area contributed by atoms with Crippen LogP contribution in [0, 0.1) is 0 Å². The summed E-state index contributed by atoms with van der Waals surface area (Å²) in [7, 11) is -4.09. The molecule has 0 aliphatic rings. The minimum absolute atomic E-state index is 0.226. The number of carbonyl (C=O) groups is 1. The van der Waals surface area contributed by atoms with Crippen LogP contribution in [0.4, 0.5) is 0 Å². The molecule has 78 valence electrons. The third-order valence-corrected chi connectivity index (χ3v) is 1.95. The average molecular weight is 213 g/mol. The summed E-state index contributed by atoms with van der Waals surface area (Å²) in [4.78, 5) is 10.3. The van der Waals surface area contributed by atoms with Crippen molar-refractivity contribution < 1.29 is 28.0 Å². The first kappa shape index (κ1) is 12.3. The van der Waals surface area contributed by atoms with Gasteiger partial charge in [-0.15, -0.1) is 0 Å². The summed E-state index contributed by atoms with van der Waals surface area (Å²) in [5, 5.41) is 19.1. The first-order valence-electron chi connectivity index (χ1n) is 3.39. The van der Waals surface area contributed by atoms with Gasteiger partial charge in [-0.05, 0) is 0 Å². The molecule has 13 heavy (non-hydrogen) atoms. The zero-order valence-electron chi connectivity index (χ0n) is 6.67. The van der Waals surface area contributed by atoms with Gasteiger partial charge in [0.25, 0.3) is 10.1 Å². The second-order valence-electron chi connectivity index (χ2n) is 2.31. The Morgan fingerprint density at radius 2 is 2.00 bits per heavy atom. The van der Waals surface area contributed by atoms with Gasteiger partial charge in [0.2, 0.25) is 0 Å². The minimum Gasteiger partial charge on any atom is -0.480 e. The largest absolute Gasteiger partial charge is 0.480 e. The lowest BCUT2D eigenvalue weighted by Crippen LogP contribution is -2.41. The van der Waals surface area contributed by atoms with E-state index in [0.717, 1.165) is 0 Å². The van der Waals surface area contributed by atoms with E-state index in [9.17, 15) is 13.2 Å². The number of aliphatic hydroxyl groups excluding tert-OH is 1. The van der Waals surface area contributed by atoms with Crippen molar-refractivity contribution >= 4 is 16.1 Å². The number of hydrogen-bond donors (Lipinski definition) is 4. The number of aliphatic hydroxyl groups is 1. The highest BCUT2D eigenvalue weighted by atomic mass is 32.2. The fraction of sp³-hybridized carbons (Fsp3) is 0.800. The van der Waals surface area contributed by atoms with Crippen molar-refractivity contribution in [1.29, 1.82) is 0 Å². The van der Waals surface area contributed by atoms with E-state index in [1.165, 1.54) is 0 Å². The molecule has 0 saturated carbocycles. The molecule has 0 heterocycles. The molecule has 0 aromatic carbocycles. The number of aliphatic carboxylic acids is 1. The second-order valence-corrected chi connectivity index (χ2v) is 3.89. The van der Waals surface area contributed by atoms with E-state index in [1.54, 1.807) is 0 Å². The second kappa shape index (κ2) is 5.12. The Hall–Kier alpha value is -0.700.